The third-order valence-electron chi connectivity index (χ3n) is 2.66. The van der Waals surface area contributed by atoms with Crippen LogP contribution in [0.5, 0.6) is 0 Å². The molecule has 0 saturated carbocycles. The zero-order valence-corrected chi connectivity index (χ0v) is 10.3. The average molecular weight is 230 g/mol. The van der Waals surface area contributed by atoms with E-state index in [-0.39, 0.29) is 0 Å². The molecule has 17 heavy (non-hydrogen) atoms. The summed E-state index contributed by atoms with van der Waals surface area (Å²) in [4.78, 5) is 3.98. The van der Waals surface area contributed by atoms with Gasteiger partial charge in [0.2, 0.25) is 0 Å². The molecule has 2 rings (SSSR count). The van der Waals surface area contributed by atoms with Crippen LogP contribution in [0, 0.1) is 13.8 Å². The van der Waals surface area contributed by atoms with E-state index in [1.54, 1.807) is 12.4 Å². The fourth-order valence-corrected chi connectivity index (χ4v) is 1.83. The maximum Gasteiger partial charge on any atom is 0.0596 e. The highest BCUT2D eigenvalue weighted by molar-refractivity contribution is 5.40. The van der Waals surface area contributed by atoms with Crippen molar-refractivity contribution >= 4 is 5.69 Å². The molecule has 4 nitrogen and oxygen atoms in total. The zero-order chi connectivity index (χ0) is 12.1. The van der Waals surface area contributed by atoms with Crippen LogP contribution in [0.3, 0.4) is 0 Å². The van der Waals surface area contributed by atoms with Crippen LogP contribution < -0.4 is 5.32 Å². The standard InChI is InChI=1S/C13H18N4/c1-11-10-12(2)17(16-11)9-3-6-15-13-4-7-14-8-5-13/h4-5,7-8,10H,3,6,9H2,1-2H3,(H,14,15). The number of nitrogens with one attached hydrogen (secondary N) is 1. The molecular formula is C13H18N4. The SMILES string of the molecule is Cc1cc(C)n(CCCNc2ccncc2)n1. The maximum absolute atomic E-state index is 4.43. The first-order chi connectivity index (χ1) is 8.25. The highest BCUT2D eigenvalue weighted by Crippen LogP contribution is 2.05. The van der Waals surface area contributed by atoms with Gasteiger partial charge in [0.05, 0.1) is 5.69 Å². The van der Waals surface area contributed by atoms with Gasteiger partial charge in [0.15, 0.2) is 0 Å². The number of anilines is 1. The van der Waals surface area contributed by atoms with E-state index in [0.29, 0.717) is 0 Å². The summed E-state index contributed by atoms with van der Waals surface area (Å²) in [6.45, 7) is 6.02. The van der Waals surface area contributed by atoms with Crippen LogP contribution in [0.2, 0.25) is 0 Å². The van der Waals surface area contributed by atoms with E-state index in [1.807, 2.05) is 19.1 Å². The van der Waals surface area contributed by atoms with E-state index < -0.39 is 0 Å². The summed E-state index contributed by atoms with van der Waals surface area (Å²) >= 11 is 0. The van der Waals surface area contributed by atoms with Crippen LogP contribution in [0.15, 0.2) is 30.6 Å². The summed E-state index contributed by atoms with van der Waals surface area (Å²) in [5, 5.41) is 7.79. The summed E-state index contributed by atoms with van der Waals surface area (Å²) in [6.07, 6.45) is 4.65. The molecule has 0 radical (unpaired) electrons. The Kier molecular flexibility index (Phi) is 3.75. The molecule has 2 aromatic heterocycles. The van der Waals surface area contributed by atoms with E-state index in [2.05, 4.69) is 33.1 Å². The van der Waals surface area contributed by atoms with E-state index in [4.69, 9.17) is 0 Å². The molecule has 0 unspecified atom stereocenters. The molecule has 0 amide bonds. The topological polar surface area (TPSA) is 42.7 Å². The lowest BCUT2D eigenvalue weighted by atomic mass is 10.3. The van der Waals surface area contributed by atoms with Gasteiger partial charge in [-0.15, -0.1) is 0 Å². The van der Waals surface area contributed by atoms with E-state index in [9.17, 15) is 0 Å². The third kappa shape index (κ3) is 3.31. The number of pyridine rings is 1. The molecule has 0 aromatic carbocycles. The normalized spacial score (nSPS) is 10.5. The molecule has 2 aromatic rings. The lowest BCUT2D eigenvalue weighted by Crippen LogP contribution is -2.08. The molecule has 0 atom stereocenters. The van der Waals surface area contributed by atoms with Gasteiger partial charge in [-0.05, 0) is 38.5 Å². The van der Waals surface area contributed by atoms with Crippen LogP contribution >= 0.6 is 0 Å². The van der Waals surface area contributed by atoms with Crippen molar-refractivity contribution in [2.24, 2.45) is 0 Å². The van der Waals surface area contributed by atoms with Gasteiger partial charge in [0.1, 0.15) is 0 Å². The Balaban J connectivity index is 1.75. The molecule has 0 saturated heterocycles. The van der Waals surface area contributed by atoms with E-state index in [0.717, 1.165) is 30.9 Å². The van der Waals surface area contributed by atoms with Crippen molar-refractivity contribution in [3.8, 4) is 0 Å². The van der Waals surface area contributed by atoms with Crippen LogP contribution in [0.1, 0.15) is 17.8 Å². The monoisotopic (exact) mass is 230 g/mol. The molecule has 1 N–H and O–H groups in total. The number of hydrogen-bond donors (Lipinski definition) is 1. The molecule has 0 aliphatic rings. The average Bonchev–Trinajstić information content (AvgIpc) is 2.65. The second kappa shape index (κ2) is 5.48. The maximum atomic E-state index is 4.43. The number of rotatable bonds is 5. The second-order valence-corrected chi connectivity index (χ2v) is 4.17. The number of nitrogens with zero attached hydrogens (tertiary/aromatic N) is 3. The Labute approximate surface area is 102 Å². The van der Waals surface area contributed by atoms with E-state index >= 15 is 0 Å². The minimum absolute atomic E-state index is 0.947. The van der Waals surface area contributed by atoms with Gasteiger partial charge in [-0.25, -0.2) is 0 Å². The van der Waals surface area contributed by atoms with Crippen molar-refractivity contribution in [2.45, 2.75) is 26.8 Å². The van der Waals surface area contributed by atoms with Crippen LogP contribution in [0.25, 0.3) is 0 Å². The summed E-state index contributed by atoms with van der Waals surface area (Å²) < 4.78 is 2.06. The third-order valence-corrected chi connectivity index (χ3v) is 2.66. The molecule has 4 heteroatoms. The Bertz CT molecular complexity index is 462. The summed E-state index contributed by atoms with van der Waals surface area (Å²) in [6, 6.07) is 6.06. The molecule has 0 aliphatic carbocycles. The van der Waals surface area contributed by atoms with Gasteiger partial charge in [-0.2, -0.15) is 5.10 Å². The van der Waals surface area contributed by atoms with Crippen LogP contribution in [-0.4, -0.2) is 21.3 Å². The summed E-state index contributed by atoms with van der Waals surface area (Å²) in [5.41, 5.74) is 3.43. The number of hydrogen-bond acceptors (Lipinski definition) is 3. The smallest absolute Gasteiger partial charge is 0.0596 e. The molecule has 0 spiro atoms. The molecular weight excluding hydrogens is 212 g/mol. The minimum Gasteiger partial charge on any atom is -0.385 e. The largest absolute Gasteiger partial charge is 0.385 e. The lowest BCUT2D eigenvalue weighted by Gasteiger charge is -2.07. The Morgan fingerprint density at radius 1 is 1.24 bits per heavy atom. The molecule has 0 bridgehead atoms. The first-order valence-electron chi connectivity index (χ1n) is 5.90. The fourth-order valence-electron chi connectivity index (χ4n) is 1.83. The molecule has 90 valence electrons. The zero-order valence-electron chi connectivity index (χ0n) is 10.3. The molecule has 0 fully saturated rings. The van der Waals surface area contributed by atoms with Crippen molar-refractivity contribution in [1.29, 1.82) is 0 Å². The highest BCUT2D eigenvalue weighted by Gasteiger charge is 1.99. The number of aromatic nitrogens is 3. The molecule has 0 aliphatic heterocycles. The van der Waals surface area contributed by atoms with Gasteiger partial charge in [-0.3, -0.25) is 9.67 Å². The van der Waals surface area contributed by atoms with Crippen molar-refractivity contribution in [3.63, 3.8) is 0 Å². The quantitative estimate of drug-likeness (QED) is 0.802. The molecule has 2 heterocycles. The van der Waals surface area contributed by atoms with Crippen molar-refractivity contribution < 1.29 is 0 Å². The van der Waals surface area contributed by atoms with Crippen LogP contribution in [0.4, 0.5) is 5.69 Å². The lowest BCUT2D eigenvalue weighted by molar-refractivity contribution is 0.574. The summed E-state index contributed by atoms with van der Waals surface area (Å²) in [5.74, 6) is 0. The fraction of sp³-hybridized carbons (Fsp3) is 0.385. The predicted octanol–water partition coefficient (Wildman–Crippen LogP) is 2.40. The first-order valence-corrected chi connectivity index (χ1v) is 5.90. The predicted molar refractivity (Wildman–Crippen MR) is 69.0 cm³/mol. The van der Waals surface area contributed by atoms with Gasteiger partial charge in [0.25, 0.3) is 0 Å². The Morgan fingerprint density at radius 2 is 2.00 bits per heavy atom. The first kappa shape index (κ1) is 11.6. The minimum atomic E-state index is 0.947. The van der Waals surface area contributed by atoms with Crippen LogP contribution in [-0.2, 0) is 6.54 Å². The highest BCUT2D eigenvalue weighted by atomic mass is 15.3. The van der Waals surface area contributed by atoms with Crippen molar-refractivity contribution in [1.82, 2.24) is 14.8 Å². The van der Waals surface area contributed by atoms with Crippen molar-refractivity contribution in [2.75, 3.05) is 11.9 Å². The van der Waals surface area contributed by atoms with Crippen molar-refractivity contribution in [3.05, 3.63) is 42.0 Å². The van der Waals surface area contributed by atoms with Gasteiger partial charge in [-0.1, -0.05) is 0 Å². The van der Waals surface area contributed by atoms with Gasteiger partial charge >= 0.3 is 0 Å². The second-order valence-electron chi connectivity index (χ2n) is 4.17. The van der Waals surface area contributed by atoms with E-state index in [1.165, 1.54) is 5.69 Å². The Morgan fingerprint density at radius 3 is 2.65 bits per heavy atom. The van der Waals surface area contributed by atoms with Gasteiger partial charge < -0.3 is 5.32 Å². The van der Waals surface area contributed by atoms with Gasteiger partial charge in [0, 0.05) is 36.9 Å². The summed E-state index contributed by atoms with van der Waals surface area (Å²) in [7, 11) is 0. The number of aryl methyl sites for hydroxylation is 3. The Hall–Kier alpha value is -1.84.